The van der Waals surface area contributed by atoms with E-state index in [1.54, 1.807) is 12.1 Å². The second-order valence-corrected chi connectivity index (χ2v) is 2.52. The average molecular weight is 262 g/mol. The molecule has 0 aliphatic heterocycles. The van der Waals surface area contributed by atoms with Gasteiger partial charge < -0.3 is 10.3 Å². The van der Waals surface area contributed by atoms with Crippen LogP contribution in [0.2, 0.25) is 0 Å². The summed E-state index contributed by atoms with van der Waals surface area (Å²) < 4.78 is 0. The number of hydrogen-bond donors (Lipinski definition) is 0. The zero-order valence-corrected chi connectivity index (χ0v) is 13.4. The van der Waals surface area contributed by atoms with E-state index in [4.69, 9.17) is 0 Å². The van der Waals surface area contributed by atoms with Crippen molar-refractivity contribution in [3.63, 3.8) is 0 Å². The van der Waals surface area contributed by atoms with E-state index in [1.807, 2.05) is 25.1 Å². The summed E-state index contributed by atoms with van der Waals surface area (Å²) in [5.74, 6) is 0. The van der Waals surface area contributed by atoms with Crippen LogP contribution in [-0.2, 0) is 6.42 Å². The largest absolute Gasteiger partial charge is 1.00 e. The van der Waals surface area contributed by atoms with Crippen molar-refractivity contribution in [1.82, 2.24) is 0 Å². The minimum Gasteiger partial charge on any atom is -0.870 e. The average Bonchev–Trinajstić information content (AvgIpc) is 2.27. The molecule has 0 bridgehead atoms. The number of allylic oxidation sites excluding steroid dienone is 2. The molecule has 1 rings (SSSR count). The second kappa shape index (κ2) is 9.93. The van der Waals surface area contributed by atoms with E-state index in [2.05, 4.69) is 12.1 Å². The molecule has 2 nitrogen and oxygen atoms in total. The Morgan fingerprint density at radius 3 is 2.71 bits per heavy atom. The zero-order chi connectivity index (χ0) is 8.81. The first kappa shape index (κ1) is 16.8. The fourth-order valence-corrected chi connectivity index (χ4v) is 0.907. The summed E-state index contributed by atoms with van der Waals surface area (Å²) in [6, 6.07) is 9.54. The van der Waals surface area contributed by atoms with Crippen LogP contribution in [0.4, 0.5) is 0 Å². The summed E-state index contributed by atoms with van der Waals surface area (Å²) >= 11 is 0. The zero-order valence-electron chi connectivity index (χ0n) is 8.53. The first-order chi connectivity index (χ1) is 5.83. The standard InChI is InChI=1S/C11H11O.H2O.Rb/c1-2-3-5-10-6-4-7-11(12)9-8-10;;/h2-4,6,8-9H,5H2,1H3;1H2;/q-1;;+1/p-1/b3-2-;;. The first-order valence-corrected chi connectivity index (χ1v) is 3.95. The van der Waals surface area contributed by atoms with E-state index in [0.29, 0.717) is 0 Å². The van der Waals surface area contributed by atoms with E-state index >= 15 is 0 Å². The van der Waals surface area contributed by atoms with Crippen LogP contribution in [0.1, 0.15) is 12.5 Å². The molecule has 1 aromatic carbocycles. The van der Waals surface area contributed by atoms with Crippen molar-refractivity contribution in [1.29, 1.82) is 0 Å². The third-order valence-corrected chi connectivity index (χ3v) is 1.56. The molecule has 0 spiro atoms. The van der Waals surface area contributed by atoms with Crippen LogP contribution in [0.15, 0.2) is 41.2 Å². The summed E-state index contributed by atoms with van der Waals surface area (Å²) in [5.41, 5.74) is 1.06. The summed E-state index contributed by atoms with van der Waals surface area (Å²) in [6.07, 6.45) is 4.92. The monoisotopic (exact) mass is 261 g/mol. The molecule has 1 N–H and O–H groups in total. The van der Waals surface area contributed by atoms with E-state index in [0.717, 1.165) is 12.0 Å². The number of rotatable bonds is 2. The van der Waals surface area contributed by atoms with Crippen molar-refractivity contribution in [2.45, 2.75) is 13.3 Å². The Morgan fingerprint density at radius 2 is 2.07 bits per heavy atom. The molecular weight excluding hydrogens is 250 g/mol. The first-order valence-electron chi connectivity index (χ1n) is 3.95. The molecular formula is C11H12O2Rb-. The maximum Gasteiger partial charge on any atom is 1.00 e. The Bertz CT molecular complexity index is 334. The smallest absolute Gasteiger partial charge is 0.870 e. The predicted octanol–water partition coefficient (Wildman–Crippen LogP) is -1.21. The maximum atomic E-state index is 10.8. The molecule has 0 unspecified atom stereocenters. The van der Waals surface area contributed by atoms with Crippen LogP contribution >= 0.6 is 0 Å². The van der Waals surface area contributed by atoms with Gasteiger partial charge in [0.15, 0.2) is 0 Å². The Kier molecular flexibility index (Phi) is 11.9. The Balaban J connectivity index is 0. The normalized spacial score (nSPS) is 8.93. The van der Waals surface area contributed by atoms with Gasteiger partial charge in [-0.1, -0.05) is 12.2 Å². The van der Waals surface area contributed by atoms with Crippen LogP contribution in [0, 0.1) is 6.07 Å². The summed E-state index contributed by atoms with van der Waals surface area (Å²) in [5, 5.41) is 0. The van der Waals surface area contributed by atoms with E-state index in [-0.39, 0.29) is 69.1 Å². The molecule has 0 saturated carbocycles. The molecule has 0 atom stereocenters. The van der Waals surface area contributed by atoms with E-state index in [1.165, 1.54) is 0 Å². The molecule has 0 aliphatic rings. The molecule has 3 heteroatoms. The Labute approximate surface area is 133 Å². The van der Waals surface area contributed by atoms with Gasteiger partial charge in [-0.2, -0.15) is 12.1 Å². The topological polar surface area (TPSA) is 47.1 Å². The van der Waals surface area contributed by atoms with Crippen molar-refractivity contribution in [2.75, 3.05) is 0 Å². The van der Waals surface area contributed by atoms with Crippen molar-refractivity contribution in [3.05, 3.63) is 58.3 Å². The van der Waals surface area contributed by atoms with Crippen LogP contribution in [-0.4, -0.2) is 5.48 Å². The van der Waals surface area contributed by atoms with Crippen LogP contribution in [0.3, 0.4) is 0 Å². The van der Waals surface area contributed by atoms with E-state index < -0.39 is 0 Å². The third-order valence-electron chi connectivity index (χ3n) is 1.56. The van der Waals surface area contributed by atoms with Crippen LogP contribution < -0.4 is 63.6 Å². The van der Waals surface area contributed by atoms with Gasteiger partial charge in [0.05, 0.1) is 5.43 Å². The molecule has 0 fully saturated rings. The second-order valence-electron chi connectivity index (χ2n) is 2.52. The molecule has 0 heterocycles. The van der Waals surface area contributed by atoms with Gasteiger partial charge in [0.25, 0.3) is 0 Å². The van der Waals surface area contributed by atoms with Gasteiger partial charge >= 0.3 is 58.2 Å². The van der Waals surface area contributed by atoms with Crippen molar-refractivity contribution < 1.29 is 63.7 Å². The Hall–Kier alpha value is 0.395. The van der Waals surface area contributed by atoms with Gasteiger partial charge in [-0.05, 0) is 13.3 Å². The van der Waals surface area contributed by atoms with Gasteiger partial charge in [0, 0.05) is 0 Å². The van der Waals surface area contributed by atoms with Gasteiger partial charge in [0.2, 0.25) is 0 Å². The fraction of sp³-hybridized carbons (Fsp3) is 0.182. The van der Waals surface area contributed by atoms with E-state index in [9.17, 15) is 4.79 Å². The third kappa shape index (κ3) is 6.79. The summed E-state index contributed by atoms with van der Waals surface area (Å²) in [7, 11) is 0. The van der Waals surface area contributed by atoms with Crippen LogP contribution in [0.5, 0.6) is 0 Å². The molecule has 14 heavy (non-hydrogen) atoms. The quantitative estimate of drug-likeness (QED) is 0.496. The van der Waals surface area contributed by atoms with Crippen LogP contribution in [0.25, 0.3) is 0 Å². The molecule has 0 amide bonds. The number of hydrogen-bond acceptors (Lipinski definition) is 2. The van der Waals surface area contributed by atoms with Crippen molar-refractivity contribution in [2.24, 2.45) is 0 Å². The van der Waals surface area contributed by atoms with Gasteiger partial charge in [-0.25, -0.2) is 0 Å². The van der Waals surface area contributed by atoms with Gasteiger partial charge in [-0.3, -0.25) is 0 Å². The molecule has 0 radical (unpaired) electrons. The maximum absolute atomic E-state index is 10.8. The minimum atomic E-state index is -0.0678. The minimum absolute atomic E-state index is 0. The molecule has 0 aliphatic carbocycles. The molecule has 70 valence electrons. The van der Waals surface area contributed by atoms with Gasteiger partial charge in [-0.15, -0.1) is 23.8 Å². The SMILES string of the molecule is C/C=C\Cc1cc[c-]c(=O)cc1.[OH-].[Rb+]. The van der Waals surface area contributed by atoms with Crippen molar-refractivity contribution >= 4 is 0 Å². The summed E-state index contributed by atoms with van der Waals surface area (Å²) in [6.45, 7) is 1.98. The fourth-order valence-electron chi connectivity index (χ4n) is 0.907. The molecule has 0 saturated heterocycles. The molecule has 1 aromatic rings. The molecule has 0 aromatic heterocycles. The predicted molar refractivity (Wildman–Crippen MR) is 52.0 cm³/mol. The Morgan fingerprint density at radius 1 is 1.36 bits per heavy atom. The van der Waals surface area contributed by atoms with Crippen molar-refractivity contribution in [3.8, 4) is 0 Å². The van der Waals surface area contributed by atoms with Gasteiger partial charge in [0.1, 0.15) is 0 Å². The summed E-state index contributed by atoms with van der Waals surface area (Å²) in [4.78, 5) is 10.8.